The van der Waals surface area contributed by atoms with E-state index in [4.69, 9.17) is 0 Å². The molecular formula is C30H28F3N5O4. The van der Waals surface area contributed by atoms with Crippen LogP contribution in [0.25, 0.3) is 0 Å². The topological polar surface area (TPSA) is 110 Å². The Morgan fingerprint density at radius 2 is 1.55 bits per heavy atom. The Hall–Kier alpha value is -4.84. The van der Waals surface area contributed by atoms with Gasteiger partial charge in [0.15, 0.2) is 0 Å². The third-order valence-electron chi connectivity index (χ3n) is 6.66. The molecule has 1 aliphatic heterocycles. The van der Waals surface area contributed by atoms with Crippen molar-refractivity contribution in [3.8, 4) is 0 Å². The van der Waals surface area contributed by atoms with Crippen LogP contribution < -0.4 is 5.32 Å². The third-order valence-corrected chi connectivity index (χ3v) is 6.66. The van der Waals surface area contributed by atoms with Crippen molar-refractivity contribution in [3.05, 3.63) is 129 Å². The third kappa shape index (κ3) is 7.07. The van der Waals surface area contributed by atoms with E-state index in [0.29, 0.717) is 36.2 Å². The fourth-order valence-corrected chi connectivity index (χ4v) is 4.50. The Bertz CT molecular complexity index is 1530. The van der Waals surface area contributed by atoms with Gasteiger partial charge in [-0.05, 0) is 35.9 Å². The van der Waals surface area contributed by atoms with Crippen LogP contribution in [-0.4, -0.2) is 44.3 Å². The van der Waals surface area contributed by atoms with Crippen molar-refractivity contribution < 1.29 is 27.7 Å². The van der Waals surface area contributed by atoms with Gasteiger partial charge in [0.25, 0.3) is 17.5 Å². The monoisotopic (exact) mass is 579 g/mol. The van der Waals surface area contributed by atoms with Gasteiger partial charge >= 0.3 is 6.18 Å². The molecule has 0 atom stereocenters. The van der Waals surface area contributed by atoms with Gasteiger partial charge in [0, 0.05) is 50.1 Å². The van der Waals surface area contributed by atoms with E-state index in [1.54, 1.807) is 55.0 Å². The molecule has 9 nitrogen and oxygen atoms in total. The molecule has 2 amide bonds. The van der Waals surface area contributed by atoms with Gasteiger partial charge in [-0.3, -0.25) is 24.6 Å². The van der Waals surface area contributed by atoms with Crippen molar-refractivity contribution in [2.24, 2.45) is 0 Å². The van der Waals surface area contributed by atoms with Crippen LogP contribution in [0.5, 0.6) is 0 Å². The minimum Gasteiger partial charge on any atom is -0.330 e. The van der Waals surface area contributed by atoms with Gasteiger partial charge in [0.05, 0.1) is 27.9 Å². The fourth-order valence-electron chi connectivity index (χ4n) is 4.50. The molecule has 4 aromatic rings. The van der Waals surface area contributed by atoms with Gasteiger partial charge < -0.3 is 9.88 Å². The molecular weight excluding hydrogens is 551 g/mol. The summed E-state index contributed by atoms with van der Waals surface area (Å²) in [7, 11) is 0. The standard InChI is InChI=1S/C20H16N4O4.C10H12F3N/c25-19-17-3-1-2-4-18(17)20(26)23(19)10-9-16-11-21-13-22(16)12-14-5-7-15(8-6-14)24(27)28;1-2-14-7-8-5-3-4-6-9(8)10(11,12)13/h1-8,11,13H,9-10,12H2;3-6,14H,2,7H2,1H3. The van der Waals surface area contributed by atoms with E-state index in [-0.39, 0.29) is 30.6 Å². The molecule has 3 aromatic carbocycles. The number of fused-ring (bicyclic) bond motifs is 1. The number of nitrogens with one attached hydrogen (secondary N) is 1. The Morgan fingerprint density at radius 1 is 0.929 bits per heavy atom. The van der Waals surface area contributed by atoms with Crippen LogP contribution in [0.1, 0.15) is 50.0 Å². The number of imidazole rings is 1. The highest BCUT2D eigenvalue weighted by molar-refractivity contribution is 6.21. The quantitative estimate of drug-likeness (QED) is 0.159. The van der Waals surface area contributed by atoms with E-state index < -0.39 is 16.7 Å². The maximum Gasteiger partial charge on any atom is 0.416 e. The number of imide groups is 1. The first-order valence-electron chi connectivity index (χ1n) is 13.1. The van der Waals surface area contributed by atoms with Crippen LogP contribution in [0.15, 0.2) is 85.3 Å². The van der Waals surface area contributed by atoms with Gasteiger partial charge in [-0.25, -0.2) is 4.98 Å². The highest BCUT2D eigenvalue weighted by Crippen LogP contribution is 2.31. The summed E-state index contributed by atoms with van der Waals surface area (Å²) in [5.74, 6) is -0.552. The van der Waals surface area contributed by atoms with E-state index in [9.17, 15) is 32.9 Å². The normalized spacial score (nSPS) is 12.6. The van der Waals surface area contributed by atoms with Crippen LogP contribution in [-0.2, 0) is 25.7 Å². The van der Waals surface area contributed by atoms with Crippen molar-refractivity contribution in [1.29, 1.82) is 0 Å². The van der Waals surface area contributed by atoms with Crippen molar-refractivity contribution in [2.75, 3.05) is 13.1 Å². The number of hydrogen-bond acceptors (Lipinski definition) is 6. The number of alkyl halides is 3. The number of aromatic nitrogens is 2. The molecule has 5 rings (SSSR count). The largest absolute Gasteiger partial charge is 0.416 e. The van der Waals surface area contributed by atoms with E-state index in [1.165, 1.54) is 29.2 Å². The maximum atomic E-state index is 12.5. The summed E-state index contributed by atoms with van der Waals surface area (Å²) in [6.07, 6.45) is -0.423. The summed E-state index contributed by atoms with van der Waals surface area (Å²) in [5.41, 5.74) is 2.42. The molecule has 1 aromatic heterocycles. The van der Waals surface area contributed by atoms with Crippen LogP contribution in [0, 0.1) is 10.1 Å². The molecule has 0 fully saturated rings. The van der Waals surface area contributed by atoms with Gasteiger partial charge in [0.2, 0.25) is 0 Å². The molecule has 1 aliphatic rings. The number of nitrogens with zero attached hydrogens (tertiary/aromatic N) is 4. The fraction of sp³-hybridized carbons (Fsp3) is 0.233. The van der Waals surface area contributed by atoms with E-state index in [2.05, 4.69) is 10.3 Å². The number of halogens is 3. The van der Waals surface area contributed by atoms with Gasteiger partial charge in [-0.2, -0.15) is 13.2 Å². The first-order valence-corrected chi connectivity index (χ1v) is 13.1. The Balaban J connectivity index is 0.000000244. The van der Waals surface area contributed by atoms with Crippen molar-refractivity contribution in [1.82, 2.24) is 19.8 Å². The molecule has 0 radical (unpaired) electrons. The molecule has 0 bridgehead atoms. The van der Waals surface area contributed by atoms with Crippen molar-refractivity contribution >= 4 is 17.5 Å². The summed E-state index contributed by atoms with van der Waals surface area (Å²) in [6, 6.07) is 18.7. The number of non-ortho nitro benzene ring substituents is 1. The molecule has 0 saturated heterocycles. The average molecular weight is 580 g/mol. The number of benzene rings is 3. The highest BCUT2D eigenvalue weighted by Gasteiger charge is 2.35. The second-order valence-electron chi connectivity index (χ2n) is 9.43. The van der Waals surface area contributed by atoms with Crippen LogP contribution >= 0.6 is 0 Å². The zero-order valence-electron chi connectivity index (χ0n) is 22.7. The number of carbonyl (C=O) groups excluding carboxylic acids is 2. The number of nitro benzene ring substituents is 1. The Kier molecular flexibility index (Phi) is 9.48. The lowest BCUT2D eigenvalue weighted by molar-refractivity contribution is -0.384. The summed E-state index contributed by atoms with van der Waals surface area (Å²) in [5, 5.41) is 13.6. The first-order chi connectivity index (χ1) is 20.1. The molecule has 218 valence electrons. The molecule has 2 heterocycles. The smallest absolute Gasteiger partial charge is 0.330 e. The van der Waals surface area contributed by atoms with Gasteiger partial charge in [-0.1, -0.05) is 49.4 Å². The lowest BCUT2D eigenvalue weighted by Crippen LogP contribution is -2.32. The Morgan fingerprint density at radius 3 is 2.14 bits per heavy atom. The number of amides is 2. The van der Waals surface area contributed by atoms with Gasteiger partial charge in [0.1, 0.15) is 0 Å². The lowest BCUT2D eigenvalue weighted by atomic mass is 10.1. The first kappa shape index (κ1) is 30.1. The van der Waals surface area contributed by atoms with Crippen molar-refractivity contribution in [3.63, 3.8) is 0 Å². The SMILES string of the molecule is CCNCc1ccccc1C(F)(F)F.O=C1c2ccccc2C(=O)N1CCc1cncn1Cc1ccc([N+](=O)[O-])cc1. The summed E-state index contributed by atoms with van der Waals surface area (Å²) < 4.78 is 39.2. The molecule has 0 saturated carbocycles. The molecule has 42 heavy (non-hydrogen) atoms. The second-order valence-corrected chi connectivity index (χ2v) is 9.43. The molecule has 12 heteroatoms. The summed E-state index contributed by atoms with van der Waals surface area (Å²) in [4.78, 5) is 40.6. The van der Waals surface area contributed by atoms with Crippen LogP contribution in [0.2, 0.25) is 0 Å². The number of carbonyl (C=O) groups is 2. The van der Waals surface area contributed by atoms with Crippen LogP contribution in [0.4, 0.5) is 18.9 Å². The zero-order chi connectivity index (χ0) is 30.3. The second kappa shape index (κ2) is 13.2. The number of rotatable bonds is 9. The summed E-state index contributed by atoms with van der Waals surface area (Å²) >= 11 is 0. The van der Waals surface area contributed by atoms with Gasteiger partial charge in [-0.15, -0.1) is 0 Å². The minimum atomic E-state index is -4.26. The zero-order valence-corrected chi connectivity index (χ0v) is 22.7. The number of hydrogen-bond donors (Lipinski definition) is 1. The van der Waals surface area contributed by atoms with E-state index in [1.807, 2.05) is 11.5 Å². The van der Waals surface area contributed by atoms with E-state index in [0.717, 1.165) is 17.3 Å². The predicted octanol–water partition coefficient (Wildman–Crippen LogP) is 5.49. The lowest BCUT2D eigenvalue weighted by Gasteiger charge is -2.14. The van der Waals surface area contributed by atoms with Crippen LogP contribution in [0.3, 0.4) is 0 Å². The van der Waals surface area contributed by atoms with Crippen molar-refractivity contribution in [2.45, 2.75) is 32.6 Å². The molecule has 0 unspecified atom stereocenters. The molecule has 1 N–H and O–H groups in total. The molecule has 0 spiro atoms. The summed E-state index contributed by atoms with van der Waals surface area (Å²) in [6.45, 7) is 3.53. The highest BCUT2D eigenvalue weighted by atomic mass is 19.4. The molecule has 0 aliphatic carbocycles. The minimum absolute atomic E-state index is 0.0419. The van der Waals surface area contributed by atoms with E-state index >= 15 is 0 Å². The predicted molar refractivity (Wildman–Crippen MR) is 149 cm³/mol. The average Bonchev–Trinajstić information content (AvgIpc) is 3.52. The number of nitro groups is 1. The Labute approximate surface area is 239 Å². The maximum absolute atomic E-state index is 12.5.